The molecule has 0 radical (unpaired) electrons. The lowest BCUT2D eigenvalue weighted by Gasteiger charge is -2.19. The van der Waals surface area contributed by atoms with Gasteiger partial charge in [0.15, 0.2) is 11.6 Å². The van der Waals surface area contributed by atoms with Gasteiger partial charge >= 0.3 is 6.09 Å². The van der Waals surface area contributed by atoms with Crippen LogP contribution in [0, 0.1) is 11.6 Å². The van der Waals surface area contributed by atoms with E-state index < -0.39 is 35.0 Å². The molecule has 0 atom stereocenters. The van der Waals surface area contributed by atoms with Crippen molar-refractivity contribution in [2.24, 2.45) is 0 Å². The molecule has 0 aliphatic carbocycles. The van der Waals surface area contributed by atoms with Gasteiger partial charge in [0.05, 0.1) is 5.69 Å². The minimum atomic E-state index is -1.12. The topological polar surface area (TPSA) is 87.7 Å². The summed E-state index contributed by atoms with van der Waals surface area (Å²) in [5.41, 5.74) is -0.998. The normalized spacial score (nSPS) is 11.0. The van der Waals surface area contributed by atoms with Crippen molar-refractivity contribution in [3.63, 3.8) is 0 Å². The van der Waals surface area contributed by atoms with E-state index in [-0.39, 0.29) is 18.7 Å². The Morgan fingerprint density at radius 2 is 1.86 bits per heavy atom. The Bertz CT molecular complexity index is 571. The summed E-state index contributed by atoms with van der Waals surface area (Å²) in [5.74, 6) is -3.52. The third kappa shape index (κ3) is 5.94. The van der Waals surface area contributed by atoms with Crippen LogP contribution in [-0.2, 0) is 9.53 Å². The summed E-state index contributed by atoms with van der Waals surface area (Å²) in [7, 11) is 0. The fraction of sp³-hybridized carbons (Fsp3) is 0.429. The first-order chi connectivity index (χ1) is 10.1. The van der Waals surface area contributed by atoms with E-state index in [9.17, 15) is 18.4 Å². The number of carbonyl (C=O) groups excluding carboxylic acids is 2. The number of anilines is 1. The van der Waals surface area contributed by atoms with E-state index in [1.165, 1.54) is 0 Å². The number of nitrogens with one attached hydrogen (secondary N) is 2. The third-order valence-electron chi connectivity index (χ3n) is 2.33. The molecular weight excluding hydrogens is 298 g/mol. The van der Waals surface area contributed by atoms with Gasteiger partial charge in [-0.1, -0.05) is 0 Å². The fourth-order valence-corrected chi connectivity index (χ4v) is 1.44. The number of rotatable bonds is 4. The highest BCUT2D eigenvalue weighted by molar-refractivity contribution is 5.91. The first kappa shape index (κ1) is 17.7. The molecule has 0 heterocycles. The number of hydrogen-bond acceptors (Lipinski definition) is 4. The van der Waals surface area contributed by atoms with Crippen LogP contribution >= 0.6 is 0 Å². The van der Waals surface area contributed by atoms with Crippen LogP contribution in [0.15, 0.2) is 12.1 Å². The molecule has 0 unspecified atom stereocenters. The number of benzene rings is 1. The van der Waals surface area contributed by atoms with E-state index >= 15 is 0 Å². The Hall–Kier alpha value is -2.38. The van der Waals surface area contributed by atoms with Gasteiger partial charge < -0.3 is 20.5 Å². The van der Waals surface area contributed by atoms with Crippen molar-refractivity contribution in [1.29, 1.82) is 0 Å². The molecule has 8 heteroatoms. The first-order valence-electron chi connectivity index (χ1n) is 6.53. The highest BCUT2D eigenvalue weighted by atomic mass is 19.1. The van der Waals surface area contributed by atoms with E-state index in [1.54, 1.807) is 20.8 Å². The summed E-state index contributed by atoms with van der Waals surface area (Å²) in [4.78, 5) is 22.9. The summed E-state index contributed by atoms with van der Waals surface area (Å²) >= 11 is 0. The molecule has 122 valence electrons. The number of phenols is 1. The Labute approximate surface area is 126 Å². The van der Waals surface area contributed by atoms with Crippen LogP contribution in [0.2, 0.25) is 0 Å². The van der Waals surface area contributed by atoms with Gasteiger partial charge in [0.2, 0.25) is 5.91 Å². The maximum atomic E-state index is 13.4. The molecular formula is C14H18F2N2O4. The predicted octanol–water partition coefficient (Wildman–Crippen LogP) is 2.52. The highest BCUT2D eigenvalue weighted by Crippen LogP contribution is 2.24. The molecule has 3 N–H and O–H groups in total. The summed E-state index contributed by atoms with van der Waals surface area (Å²) in [6.45, 7) is 5.07. The van der Waals surface area contributed by atoms with Crippen molar-refractivity contribution in [1.82, 2.24) is 5.32 Å². The third-order valence-corrected chi connectivity index (χ3v) is 2.33. The number of ether oxygens (including phenoxy) is 1. The molecule has 0 saturated heterocycles. The van der Waals surface area contributed by atoms with E-state index in [2.05, 4.69) is 10.6 Å². The Kier molecular flexibility index (Phi) is 5.67. The van der Waals surface area contributed by atoms with Crippen LogP contribution in [-0.4, -0.2) is 29.3 Å². The van der Waals surface area contributed by atoms with Gasteiger partial charge in [-0.3, -0.25) is 4.79 Å². The van der Waals surface area contributed by atoms with Crippen LogP contribution in [0.5, 0.6) is 5.75 Å². The van der Waals surface area contributed by atoms with Gasteiger partial charge in [-0.05, 0) is 20.8 Å². The number of aromatic hydroxyl groups is 1. The average Bonchev–Trinajstić information content (AvgIpc) is 2.33. The number of amides is 2. The van der Waals surface area contributed by atoms with Crippen molar-refractivity contribution in [3.05, 3.63) is 23.8 Å². The van der Waals surface area contributed by atoms with Crippen molar-refractivity contribution >= 4 is 17.7 Å². The molecule has 0 fully saturated rings. The van der Waals surface area contributed by atoms with Gasteiger partial charge in [0.1, 0.15) is 11.4 Å². The Morgan fingerprint density at radius 3 is 2.45 bits per heavy atom. The molecule has 0 aliphatic heterocycles. The Morgan fingerprint density at radius 1 is 1.23 bits per heavy atom. The van der Waals surface area contributed by atoms with Crippen molar-refractivity contribution in [2.75, 3.05) is 11.9 Å². The van der Waals surface area contributed by atoms with E-state index in [4.69, 9.17) is 9.84 Å². The SMILES string of the molecule is CC(C)(C)OC(=O)NCCC(=O)Nc1cc(O)c(F)cc1F. The Balaban J connectivity index is 2.45. The average molecular weight is 316 g/mol. The molecule has 0 bridgehead atoms. The van der Waals surface area contributed by atoms with Gasteiger partial charge in [-0.15, -0.1) is 0 Å². The van der Waals surface area contributed by atoms with Gasteiger partial charge in [0.25, 0.3) is 0 Å². The number of alkyl carbamates (subject to hydrolysis) is 1. The monoisotopic (exact) mass is 316 g/mol. The van der Waals surface area contributed by atoms with Crippen LogP contribution in [0.1, 0.15) is 27.2 Å². The summed E-state index contributed by atoms with van der Waals surface area (Å²) in [5, 5.41) is 13.7. The van der Waals surface area contributed by atoms with Crippen LogP contribution in [0.4, 0.5) is 19.3 Å². The zero-order valence-corrected chi connectivity index (χ0v) is 12.5. The van der Waals surface area contributed by atoms with Crippen LogP contribution < -0.4 is 10.6 Å². The minimum absolute atomic E-state index is 0.0183. The van der Waals surface area contributed by atoms with Gasteiger partial charge in [-0.25, -0.2) is 13.6 Å². The molecule has 0 aliphatic rings. The lowest BCUT2D eigenvalue weighted by Crippen LogP contribution is -2.34. The second-order valence-corrected chi connectivity index (χ2v) is 5.51. The maximum absolute atomic E-state index is 13.4. The molecule has 0 spiro atoms. The highest BCUT2D eigenvalue weighted by Gasteiger charge is 2.16. The number of hydrogen-bond donors (Lipinski definition) is 3. The van der Waals surface area contributed by atoms with Gasteiger partial charge in [-0.2, -0.15) is 0 Å². The van der Waals surface area contributed by atoms with E-state index in [0.29, 0.717) is 6.07 Å². The van der Waals surface area contributed by atoms with E-state index in [0.717, 1.165) is 6.07 Å². The minimum Gasteiger partial charge on any atom is -0.505 e. The fourth-order valence-electron chi connectivity index (χ4n) is 1.44. The largest absolute Gasteiger partial charge is 0.505 e. The van der Waals surface area contributed by atoms with E-state index in [1.807, 2.05) is 0 Å². The molecule has 2 amide bonds. The van der Waals surface area contributed by atoms with Crippen molar-refractivity contribution in [2.45, 2.75) is 32.8 Å². The number of halogens is 2. The maximum Gasteiger partial charge on any atom is 0.407 e. The summed E-state index contributed by atoms with van der Waals surface area (Å²) in [6, 6.07) is 1.23. The summed E-state index contributed by atoms with van der Waals surface area (Å²) < 4.78 is 31.2. The predicted molar refractivity (Wildman–Crippen MR) is 75.5 cm³/mol. The molecule has 22 heavy (non-hydrogen) atoms. The lowest BCUT2D eigenvalue weighted by molar-refractivity contribution is -0.116. The van der Waals surface area contributed by atoms with Crippen molar-refractivity contribution in [3.8, 4) is 5.75 Å². The van der Waals surface area contributed by atoms with Gasteiger partial charge in [0, 0.05) is 25.1 Å². The number of phenolic OH excluding ortho intramolecular Hbond substituents is 1. The van der Waals surface area contributed by atoms with Crippen molar-refractivity contribution < 1.29 is 28.2 Å². The second kappa shape index (κ2) is 7.06. The molecule has 6 nitrogen and oxygen atoms in total. The number of carbonyl (C=O) groups is 2. The molecule has 1 aromatic carbocycles. The molecule has 1 rings (SSSR count). The van der Waals surface area contributed by atoms with Crippen LogP contribution in [0.25, 0.3) is 0 Å². The first-order valence-corrected chi connectivity index (χ1v) is 6.53. The second-order valence-electron chi connectivity index (χ2n) is 5.51. The zero-order chi connectivity index (χ0) is 16.9. The smallest absolute Gasteiger partial charge is 0.407 e. The standard InChI is InChI=1S/C14H18F2N2O4/c1-14(2,3)22-13(21)17-5-4-12(20)18-10-7-11(19)9(16)6-8(10)15/h6-7,19H,4-5H2,1-3H3,(H,17,21)(H,18,20). The lowest BCUT2D eigenvalue weighted by atomic mass is 10.2. The molecule has 0 saturated carbocycles. The zero-order valence-electron chi connectivity index (χ0n) is 12.5. The summed E-state index contributed by atoms with van der Waals surface area (Å²) in [6.07, 6.45) is -0.817. The molecule has 0 aromatic heterocycles. The molecule has 1 aromatic rings. The quantitative estimate of drug-likeness (QED) is 0.796. The van der Waals surface area contributed by atoms with Crippen LogP contribution in [0.3, 0.4) is 0 Å².